The molecule has 0 bridgehead atoms. The van der Waals surface area contributed by atoms with Crippen LogP contribution in [-0.4, -0.2) is 30.1 Å². The van der Waals surface area contributed by atoms with E-state index in [1.165, 1.54) is 12.1 Å². The van der Waals surface area contributed by atoms with E-state index in [0.29, 0.717) is 32.5 Å². The van der Waals surface area contributed by atoms with E-state index >= 15 is 0 Å². The molecule has 0 saturated carbocycles. The van der Waals surface area contributed by atoms with Crippen molar-refractivity contribution in [2.24, 2.45) is 0 Å². The minimum absolute atomic E-state index is 0.00389. The molecule has 156 valence electrons. The highest BCUT2D eigenvalue weighted by Crippen LogP contribution is 2.36. The molecular formula is C20H21Br2FN2O4. The van der Waals surface area contributed by atoms with Gasteiger partial charge in [-0.15, -0.1) is 0 Å². The number of aliphatic carboxylic acids is 1. The summed E-state index contributed by atoms with van der Waals surface area (Å²) in [6, 6.07) is 6.50. The lowest BCUT2D eigenvalue weighted by molar-refractivity contribution is -0.135. The second-order valence-corrected chi connectivity index (χ2v) is 8.06. The summed E-state index contributed by atoms with van der Waals surface area (Å²) in [4.78, 5) is 22.6. The van der Waals surface area contributed by atoms with Crippen LogP contribution in [0.5, 0.6) is 5.75 Å². The summed E-state index contributed by atoms with van der Waals surface area (Å²) in [5.41, 5.74) is 2.01. The fourth-order valence-electron chi connectivity index (χ4n) is 2.57. The number of carboxylic acid groups (broad SMARTS) is 1. The van der Waals surface area contributed by atoms with E-state index in [-0.39, 0.29) is 18.0 Å². The Morgan fingerprint density at radius 2 is 1.83 bits per heavy atom. The number of amides is 1. The van der Waals surface area contributed by atoms with Gasteiger partial charge in [0.25, 0.3) is 5.91 Å². The molecule has 2 aromatic carbocycles. The summed E-state index contributed by atoms with van der Waals surface area (Å²) in [6.45, 7) is 4.08. The fourth-order valence-corrected chi connectivity index (χ4v) is 3.99. The van der Waals surface area contributed by atoms with Crippen molar-refractivity contribution in [3.8, 4) is 5.75 Å². The van der Waals surface area contributed by atoms with Crippen LogP contribution in [-0.2, 0) is 11.4 Å². The number of carbonyl (C=O) groups is 2. The van der Waals surface area contributed by atoms with Crippen molar-refractivity contribution in [1.29, 1.82) is 0 Å². The molecule has 0 heterocycles. The van der Waals surface area contributed by atoms with E-state index in [1.807, 2.05) is 13.8 Å². The van der Waals surface area contributed by atoms with Crippen molar-refractivity contribution < 1.29 is 23.8 Å². The highest BCUT2D eigenvalue weighted by Gasteiger charge is 2.16. The second-order valence-electron chi connectivity index (χ2n) is 6.35. The molecule has 29 heavy (non-hydrogen) atoms. The number of anilines is 1. The molecule has 0 atom stereocenters. The molecule has 2 aromatic rings. The number of hydrogen-bond acceptors (Lipinski definition) is 4. The van der Waals surface area contributed by atoms with Crippen LogP contribution in [0, 0.1) is 12.7 Å². The molecule has 0 radical (unpaired) electrons. The average Bonchev–Trinajstić information content (AvgIpc) is 2.66. The zero-order valence-corrected chi connectivity index (χ0v) is 19.1. The fraction of sp³-hybridized carbons (Fsp3) is 0.300. The van der Waals surface area contributed by atoms with Crippen LogP contribution < -0.4 is 15.4 Å². The van der Waals surface area contributed by atoms with Crippen molar-refractivity contribution in [3.63, 3.8) is 0 Å². The number of carbonyl (C=O) groups excluding carboxylic acids is 1. The van der Waals surface area contributed by atoms with E-state index in [4.69, 9.17) is 9.84 Å². The monoisotopic (exact) mass is 530 g/mol. The van der Waals surface area contributed by atoms with Gasteiger partial charge < -0.3 is 20.5 Å². The van der Waals surface area contributed by atoms with Gasteiger partial charge in [-0.2, -0.15) is 0 Å². The van der Waals surface area contributed by atoms with Crippen molar-refractivity contribution >= 4 is 49.4 Å². The molecule has 0 unspecified atom stereocenters. The number of halogens is 3. The molecule has 0 aliphatic carbocycles. The topological polar surface area (TPSA) is 87.7 Å². The predicted molar refractivity (Wildman–Crippen MR) is 116 cm³/mol. The van der Waals surface area contributed by atoms with E-state index in [0.717, 1.165) is 12.0 Å². The average molecular weight is 532 g/mol. The molecule has 9 heteroatoms. The number of carboxylic acids is 1. The first-order chi connectivity index (χ1) is 13.7. The van der Waals surface area contributed by atoms with Gasteiger partial charge in [-0.3, -0.25) is 9.59 Å². The van der Waals surface area contributed by atoms with Crippen LogP contribution in [0.4, 0.5) is 10.1 Å². The van der Waals surface area contributed by atoms with Gasteiger partial charge in [0.2, 0.25) is 0 Å². The lowest BCUT2D eigenvalue weighted by Crippen LogP contribution is -2.29. The van der Waals surface area contributed by atoms with Gasteiger partial charge in [-0.05, 0) is 75.0 Å². The molecule has 0 spiro atoms. The quantitative estimate of drug-likeness (QED) is 0.429. The Morgan fingerprint density at radius 3 is 2.41 bits per heavy atom. The largest absolute Gasteiger partial charge is 0.486 e. The van der Waals surface area contributed by atoms with Gasteiger partial charge in [-0.25, -0.2) is 4.39 Å². The van der Waals surface area contributed by atoms with Gasteiger partial charge in [0.05, 0.1) is 14.6 Å². The van der Waals surface area contributed by atoms with Crippen molar-refractivity contribution in [3.05, 3.63) is 55.7 Å². The van der Waals surface area contributed by atoms with Crippen LogP contribution in [0.3, 0.4) is 0 Å². The van der Waals surface area contributed by atoms with Crippen LogP contribution in [0.15, 0.2) is 33.2 Å². The first-order valence-corrected chi connectivity index (χ1v) is 10.5. The molecule has 3 N–H and O–H groups in total. The van der Waals surface area contributed by atoms with Crippen LogP contribution >= 0.6 is 31.9 Å². The Morgan fingerprint density at radius 1 is 1.17 bits per heavy atom. The molecule has 0 aromatic heterocycles. The number of hydrogen-bond donors (Lipinski definition) is 3. The third-order valence-corrected chi connectivity index (χ3v) is 5.07. The Hall–Kier alpha value is -2.13. The van der Waals surface area contributed by atoms with Crippen molar-refractivity contribution in [1.82, 2.24) is 5.32 Å². The highest BCUT2D eigenvalue weighted by molar-refractivity contribution is 9.11. The van der Waals surface area contributed by atoms with Crippen LogP contribution in [0.1, 0.15) is 34.8 Å². The van der Waals surface area contributed by atoms with E-state index in [1.54, 1.807) is 12.1 Å². The lowest BCUT2D eigenvalue weighted by atomic mass is 10.1. The predicted octanol–water partition coefficient (Wildman–Crippen LogP) is 4.87. The van der Waals surface area contributed by atoms with Gasteiger partial charge >= 0.3 is 5.97 Å². The molecule has 0 fully saturated rings. The Bertz CT molecular complexity index is 899. The Kier molecular flexibility index (Phi) is 8.45. The number of benzene rings is 2. The van der Waals surface area contributed by atoms with E-state index < -0.39 is 18.4 Å². The summed E-state index contributed by atoms with van der Waals surface area (Å²) in [7, 11) is 0. The Labute approximate surface area is 185 Å². The third kappa shape index (κ3) is 6.43. The molecule has 2 rings (SSSR count). The van der Waals surface area contributed by atoms with Crippen molar-refractivity contribution in [2.45, 2.75) is 26.9 Å². The normalized spacial score (nSPS) is 10.5. The molecule has 0 aliphatic rings. The van der Waals surface area contributed by atoms with E-state index in [2.05, 4.69) is 42.5 Å². The maximum Gasteiger partial charge on any atom is 0.322 e. The number of aryl methyl sites for hydroxylation is 1. The number of ether oxygens (including phenoxy) is 1. The molecule has 1 amide bonds. The molecule has 0 aliphatic heterocycles. The minimum atomic E-state index is -1.13. The van der Waals surface area contributed by atoms with Crippen molar-refractivity contribution in [2.75, 3.05) is 18.4 Å². The zero-order valence-electron chi connectivity index (χ0n) is 15.9. The van der Waals surface area contributed by atoms with Gasteiger partial charge in [-0.1, -0.05) is 6.92 Å². The van der Waals surface area contributed by atoms with Gasteiger partial charge in [0.15, 0.2) is 5.82 Å². The van der Waals surface area contributed by atoms with E-state index in [9.17, 15) is 14.0 Å². The molecule has 0 saturated heterocycles. The maximum atomic E-state index is 14.7. The highest BCUT2D eigenvalue weighted by atomic mass is 79.9. The third-order valence-electron chi connectivity index (χ3n) is 3.89. The lowest BCUT2D eigenvalue weighted by Gasteiger charge is -2.15. The van der Waals surface area contributed by atoms with Crippen LogP contribution in [0.25, 0.3) is 0 Å². The number of nitrogens with one attached hydrogen (secondary N) is 2. The minimum Gasteiger partial charge on any atom is -0.486 e. The van der Waals surface area contributed by atoms with Gasteiger partial charge in [0.1, 0.15) is 18.9 Å². The summed E-state index contributed by atoms with van der Waals surface area (Å²) in [6.07, 6.45) is 0.880. The molecule has 6 nitrogen and oxygen atoms in total. The first-order valence-electron chi connectivity index (χ1n) is 8.87. The number of rotatable bonds is 9. The summed E-state index contributed by atoms with van der Waals surface area (Å²) in [5, 5.41) is 14.0. The zero-order chi connectivity index (χ0) is 21.6. The summed E-state index contributed by atoms with van der Waals surface area (Å²) < 4.78 is 21.5. The van der Waals surface area contributed by atoms with Crippen LogP contribution in [0.2, 0.25) is 0 Å². The van der Waals surface area contributed by atoms with Gasteiger partial charge in [0, 0.05) is 17.7 Å². The first kappa shape index (κ1) is 23.2. The Balaban J connectivity index is 2.18. The summed E-state index contributed by atoms with van der Waals surface area (Å²) >= 11 is 6.69. The smallest absolute Gasteiger partial charge is 0.322 e. The summed E-state index contributed by atoms with van der Waals surface area (Å²) in [5.74, 6) is -1.62. The SMILES string of the molecule is CCCNc1cc(C)cc(COc2c(Br)cc(C(=O)NCC(=O)O)cc2Br)c1F. The molecular weight excluding hydrogens is 511 g/mol. The standard InChI is InChI=1S/C20H21Br2FN2O4/c1-3-4-24-16-6-11(2)5-13(18(16)23)10-29-19-14(21)7-12(8-15(19)22)20(28)25-9-17(26)27/h5-8,24H,3-4,9-10H2,1-2H3,(H,25,28)(H,26,27). The maximum absolute atomic E-state index is 14.7. The second kappa shape index (κ2) is 10.6.